The molecule has 1 N–H and O–H groups in total. The molecule has 2 atom stereocenters. The Morgan fingerprint density at radius 3 is 2.71 bits per heavy atom. The lowest BCUT2D eigenvalue weighted by Crippen LogP contribution is -2.41. The average Bonchev–Trinajstić information content (AvgIpc) is 2.90. The summed E-state index contributed by atoms with van der Waals surface area (Å²) < 4.78 is 11.9. The van der Waals surface area contributed by atoms with Crippen molar-refractivity contribution in [1.29, 1.82) is 0 Å². The number of ether oxygens (including phenoxy) is 2. The van der Waals surface area contributed by atoms with Gasteiger partial charge in [-0.3, -0.25) is 0 Å². The van der Waals surface area contributed by atoms with E-state index in [-0.39, 0.29) is 11.6 Å². The van der Waals surface area contributed by atoms with Gasteiger partial charge in [0.25, 0.3) is 0 Å². The first-order chi connectivity index (χ1) is 9.96. The molecule has 21 heavy (non-hydrogen) atoms. The molecule has 0 bridgehead atoms. The van der Waals surface area contributed by atoms with Crippen LogP contribution in [0.15, 0.2) is 24.3 Å². The van der Waals surface area contributed by atoms with Crippen molar-refractivity contribution in [2.45, 2.75) is 64.7 Å². The van der Waals surface area contributed by atoms with Gasteiger partial charge in [0, 0.05) is 12.1 Å². The van der Waals surface area contributed by atoms with Crippen LogP contribution in [-0.4, -0.2) is 30.9 Å². The fourth-order valence-corrected chi connectivity index (χ4v) is 2.52. The normalized spacial score (nSPS) is 22.5. The molecule has 118 valence electrons. The molecule has 1 fully saturated rings. The molecule has 1 aliphatic heterocycles. The van der Waals surface area contributed by atoms with Crippen molar-refractivity contribution >= 4 is 0 Å². The molecular formula is C18H29NO2. The zero-order chi connectivity index (χ0) is 15.3. The number of aryl methyl sites for hydroxylation is 1. The van der Waals surface area contributed by atoms with Gasteiger partial charge in [0.15, 0.2) is 0 Å². The van der Waals surface area contributed by atoms with Crippen LogP contribution in [0.4, 0.5) is 0 Å². The predicted octanol–water partition coefficient (Wildman–Crippen LogP) is 3.56. The summed E-state index contributed by atoms with van der Waals surface area (Å²) in [5, 5.41) is 3.51. The lowest BCUT2D eigenvalue weighted by molar-refractivity contribution is 0.0162. The molecule has 0 amide bonds. The van der Waals surface area contributed by atoms with Crippen LogP contribution in [0.2, 0.25) is 0 Å². The molecule has 1 heterocycles. The van der Waals surface area contributed by atoms with E-state index in [2.05, 4.69) is 51.2 Å². The number of nitrogens with one attached hydrogen (secondary N) is 1. The SMILES string of the molecule is CCc1cccc(OCC2CCC(CNC(C)(C)C)O2)c1. The maximum Gasteiger partial charge on any atom is 0.119 e. The average molecular weight is 291 g/mol. The maximum atomic E-state index is 6.05. The van der Waals surface area contributed by atoms with Crippen LogP contribution < -0.4 is 10.1 Å². The van der Waals surface area contributed by atoms with Gasteiger partial charge in [0.2, 0.25) is 0 Å². The monoisotopic (exact) mass is 291 g/mol. The lowest BCUT2D eigenvalue weighted by atomic mass is 10.1. The summed E-state index contributed by atoms with van der Waals surface area (Å²) in [6, 6.07) is 8.33. The summed E-state index contributed by atoms with van der Waals surface area (Å²) in [6.07, 6.45) is 3.79. The minimum Gasteiger partial charge on any atom is -0.491 e. The van der Waals surface area contributed by atoms with Crippen LogP contribution >= 0.6 is 0 Å². The van der Waals surface area contributed by atoms with Crippen molar-refractivity contribution in [3.8, 4) is 5.75 Å². The van der Waals surface area contributed by atoms with E-state index in [9.17, 15) is 0 Å². The molecule has 1 aromatic carbocycles. The van der Waals surface area contributed by atoms with Crippen molar-refractivity contribution in [3.63, 3.8) is 0 Å². The zero-order valence-electron chi connectivity index (χ0n) is 13.8. The van der Waals surface area contributed by atoms with Gasteiger partial charge in [-0.15, -0.1) is 0 Å². The highest BCUT2D eigenvalue weighted by atomic mass is 16.5. The topological polar surface area (TPSA) is 30.5 Å². The van der Waals surface area contributed by atoms with Gasteiger partial charge >= 0.3 is 0 Å². The molecule has 3 heteroatoms. The Labute approximate surface area is 129 Å². The van der Waals surface area contributed by atoms with Gasteiger partial charge < -0.3 is 14.8 Å². The summed E-state index contributed by atoms with van der Waals surface area (Å²) >= 11 is 0. The van der Waals surface area contributed by atoms with Gasteiger partial charge in [0.05, 0.1) is 12.2 Å². The predicted molar refractivity (Wildman–Crippen MR) is 87.0 cm³/mol. The standard InChI is InChI=1S/C18H29NO2/c1-5-14-7-6-8-15(11-14)20-13-17-10-9-16(21-17)12-19-18(2,3)4/h6-8,11,16-17,19H,5,9-10,12-13H2,1-4H3. The molecule has 0 saturated carbocycles. The Bertz CT molecular complexity index is 439. The fourth-order valence-electron chi connectivity index (χ4n) is 2.52. The van der Waals surface area contributed by atoms with E-state index in [1.807, 2.05) is 6.07 Å². The first kappa shape index (κ1) is 16.3. The first-order valence-electron chi connectivity index (χ1n) is 8.08. The van der Waals surface area contributed by atoms with E-state index < -0.39 is 0 Å². The van der Waals surface area contributed by atoms with Crippen LogP contribution in [0.25, 0.3) is 0 Å². The molecule has 0 aliphatic carbocycles. The van der Waals surface area contributed by atoms with Crippen molar-refractivity contribution in [2.24, 2.45) is 0 Å². The van der Waals surface area contributed by atoms with Crippen LogP contribution in [0.5, 0.6) is 5.75 Å². The molecule has 0 aromatic heterocycles. The lowest BCUT2D eigenvalue weighted by Gasteiger charge is -2.23. The molecule has 1 aliphatic rings. The Hall–Kier alpha value is -1.06. The van der Waals surface area contributed by atoms with Crippen molar-refractivity contribution in [3.05, 3.63) is 29.8 Å². The molecule has 0 radical (unpaired) electrons. The third-order valence-corrected chi connectivity index (χ3v) is 3.80. The fraction of sp³-hybridized carbons (Fsp3) is 0.667. The van der Waals surface area contributed by atoms with Crippen molar-refractivity contribution < 1.29 is 9.47 Å². The summed E-state index contributed by atoms with van der Waals surface area (Å²) in [4.78, 5) is 0. The minimum absolute atomic E-state index is 0.151. The third-order valence-electron chi connectivity index (χ3n) is 3.80. The second-order valence-corrected chi connectivity index (χ2v) is 6.90. The maximum absolute atomic E-state index is 6.05. The van der Waals surface area contributed by atoms with Crippen LogP contribution in [0.3, 0.4) is 0 Å². The second-order valence-electron chi connectivity index (χ2n) is 6.90. The quantitative estimate of drug-likeness (QED) is 0.869. The summed E-state index contributed by atoms with van der Waals surface area (Å²) in [6.45, 7) is 10.3. The first-order valence-corrected chi connectivity index (χ1v) is 8.08. The highest BCUT2D eigenvalue weighted by molar-refractivity contribution is 5.28. The van der Waals surface area contributed by atoms with Crippen LogP contribution in [-0.2, 0) is 11.2 Å². The summed E-state index contributed by atoms with van der Waals surface area (Å²) in [7, 11) is 0. The van der Waals surface area contributed by atoms with Gasteiger partial charge in [-0.05, 0) is 57.7 Å². The molecule has 0 spiro atoms. The van der Waals surface area contributed by atoms with Crippen molar-refractivity contribution in [2.75, 3.05) is 13.2 Å². The van der Waals surface area contributed by atoms with Gasteiger partial charge in [-0.2, -0.15) is 0 Å². The minimum atomic E-state index is 0.151. The molecule has 1 saturated heterocycles. The van der Waals surface area contributed by atoms with E-state index in [1.54, 1.807) is 0 Å². The Morgan fingerprint density at radius 2 is 2.00 bits per heavy atom. The largest absolute Gasteiger partial charge is 0.491 e. The smallest absolute Gasteiger partial charge is 0.119 e. The highest BCUT2D eigenvalue weighted by Crippen LogP contribution is 2.21. The van der Waals surface area contributed by atoms with Gasteiger partial charge in [-0.25, -0.2) is 0 Å². The van der Waals surface area contributed by atoms with Gasteiger partial charge in [0.1, 0.15) is 12.4 Å². The number of hydrogen-bond donors (Lipinski definition) is 1. The van der Waals surface area contributed by atoms with E-state index in [4.69, 9.17) is 9.47 Å². The van der Waals surface area contributed by atoms with Crippen LogP contribution in [0, 0.1) is 0 Å². The Morgan fingerprint density at radius 1 is 1.24 bits per heavy atom. The molecule has 3 nitrogen and oxygen atoms in total. The molecule has 2 rings (SSSR count). The molecule has 1 aromatic rings. The van der Waals surface area contributed by atoms with Crippen molar-refractivity contribution in [1.82, 2.24) is 5.32 Å². The Balaban J connectivity index is 1.72. The van der Waals surface area contributed by atoms with E-state index in [1.165, 1.54) is 5.56 Å². The number of rotatable bonds is 6. The number of benzene rings is 1. The zero-order valence-corrected chi connectivity index (χ0v) is 13.8. The van der Waals surface area contributed by atoms with Gasteiger partial charge in [-0.1, -0.05) is 19.1 Å². The molecule has 2 unspecified atom stereocenters. The third kappa shape index (κ3) is 5.68. The van der Waals surface area contributed by atoms with E-state index in [0.717, 1.165) is 31.6 Å². The highest BCUT2D eigenvalue weighted by Gasteiger charge is 2.26. The molecular weight excluding hydrogens is 262 g/mol. The van der Waals surface area contributed by atoms with E-state index in [0.29, 0.717) is 12.7 Å². The summed E-state index contributed by atoms with van der Waals surface area (Å²) in [5.41, 5.74) is 1.46. The van der Waals surface area contributed by atoms with Crippen LogP contribution in [0.1, 0.15) is 46.1 Å². The second kappa shape index (κ2) is 7.28. The number of hydrogen-bond acceptors (Lipinski definition) is 3. The summed E-state index contributed by atoms with van der Waals surface area (Å²) in [5.74, 6) is 0.953. The Kier molecular flexibility index (Phi) is 5.65. The van der Waals surface area contributed by atoms with E-state index >= 15 is 0 Å².